The number of morpholine rings is 1. The Labute approximate surface area is 148 Å². The zero-order chi connectivity index (χ0) is 17.2. The fourth-order valence-electron chi connectivity index (χ4n) is 4.35. The number of ketones is 1. The van der Waals surface area contributed by atoms with Gasteiger partial charge in [-0.05, 0) is 37.0 Å². The fraction of sp³-hybridized carbons (Fsp3) is 0.600. The molecule has 3 fully saturated rings. The van der Waals surface area contributed by atoms with E-state index in [-0.39, 0.29) is 23.7 Å². The minimum Gasteiger partial charge on any atom is -0.381 e. The van der Waals surface area contributed by atoms with Crippen molar-refractivity contribution in [2.24, 2.45) is 5.92 Å². The van der Waals surface area contributed by atoms with Gasteiger partial charge in [-0.2, -0.15) is 0 Å². The maximum absolute atomic E-state index is 13.2. The first-order chi connectivity index (χ1) is 12.2. The van der Waals surface area contributed by atoms with E-state index >= 15 is 0 Å². The number of carbonyl (C=O) groups is 2. The predicted octanol–water partition coefficient (Wildman–Crippen LogP) is 2.40. The molecule has 1 saturated carbocycles. The van der Waals surface area contributed by atoms with Gasteiger partial charge in [0, 0.05) is 37.0 Å². The Kier molecular flexibility index (Phi) is 4.86. The van der Waals surface area contributed by atoms with Gasteiger partial charge in [-0.25, -0.2) is 0 Å². The zero-order valence-corrected chi connectivity index (χ0v) is 14.5. The number of ether oxygens (including phenoxy) is 2. The molecule has 3 atom stereocenters. The SMILES string of the molecule is O=C1CCCC1C1COCCN1C(=O)c1cccc(C2CCOC2)c1. The smallest absolute Gasteiger partial charge is 0.254 e. The van der Waals surface area contributed by atoms with Crippen molar-refractivity contribution in [3.8, 4) is 0 Å². The van der Waals surface area contributed by atoms with Crippen LogP contribution in [0.2, 0.25) is 0 Å². The molecule has 25 heavy (non-hydrogen) atoms. The molecule has 1 aliphatic carbocycles. The fourth-order valence-corrected chi connectivity index (χ4v) is 4.35. The van der Waals surface area contributed by atoms with Crippen molar-refractivity contribution in [3.05, 3.63) is 35.4 Å². The number of rotatable bonds is 3. The molecular formula is C20H25NO4. The highest BCUT2D eigenvalue weighted by atomic mass is 16.5. The lowest BCUT2D eigenvalue weighted by molar-refractivity contribution is -0.124. The monoisotopic (exact) mass is 343 g/mol. The van der Waals surface area contributed by atoms with Crippen molar-refractivity contribution < 1.29 is 19.1 Å². The lowest BCUT2D eigenvalue weighted by atomic mass is 9.93. The summed E-state index contributed by atoms with van der Waals surface area (Å²) in [5, 5.41) is 0. The predicted molar refractivity (Wildman–Crippen MR) is 92.6 cm³/mol. The minimum absolute atomic E-state index is 0.0220. The van der Waals surface area contributed by atoms with Crippen LogP contribution in [-0.4, -0.2) is 55.6 Å². The lowest BCUT2D eigenvalue weighted by Crippen LogP contribution is -2.53. The van der Waals surface area contributed by atoms with E-state index in [2.05, 4.69) is 6.07 Å². The molecule has 5 nitrogen and oxygen atoms in total. The quantitative estimate of drug-likeness (QED) is 0.846. The number of hydrogen-bond acceptors (Lipinski definition) is 4. The van der Waals surface area contributed by atoms with Crippen LogP contribution in [0, 0.1) is 5.92 Å². The van der Waals surface area contributed by atoms with Gasteiger partial charge in [0.25, 0.3) is 5.91 Å². The van der Waals surface area contributed by atoms with E-state index in [1.807, 2.05) is 23.1 Å². The van der Waals surface area contributed by atoms with Gasteiger partial charge < -0.3 is 14.4 Å². The standard InChI is InChI=1S/C20H25NO4/c22-19-6-2-5-17(19)18-13-25-10-8-21(18)20(23)15-4-1-3-14(11-15)16-7-9-24-12-16/h1,3-4,11,16-18H,2,5-10,12-13H2. The molecule has 1 aromatic carbocycles. The molecule has 0 spiro atoms. The highest BCUT2D eigenvalue weighted by molar-refractivity contribution is 5.95. The van der Waals surface area contributed by atoms with Gasteiger partial charge in [0.05, 0.1) is 25.9 Å². The van der Waals surface area contributed by atoms with Gasteiger partial charge in [-0.15, -0.1) is 0 Å². The molecule has 3 aliphatic rings. The number of Topliss-reactive ketones (excluding diaryl/α,β-unsaturated/α-hetero) is 1. The van der Waals surface area contributed by atoms with Gasteiger partial charge in [0.15, 0.2) is 0 Å². The summed E-state index contributed by atoms with van der Waals surface area (Å²) >= 11 is 0. The highest BCUT2D eigenvalue weighted by Crippen LogP contribution is 2.31. The summed E-state index contributed by atoms with van der Waals surface area (Å²) in [6.07, 6.45) is 3.45. The van der Waals surface area contributed by atoms with Crippen molar-refractivity contribution in [3.63, 3.8) is 0 Å². The molecule has 4 rings (SSSR count). The first-order valence-electron chi connectivity index (χ1n) is 9.33. The van der Waals surface area contributed by atoms with Crippen LogP contribution in [0.15, 0.2) is 24.3 Å². The van der Waals surface area contributed by atoms with Crippen molar-refractivity contribution in [1.29, 1.82) is 0 Å². The van der Waals surface area contributed by atoms with Crippen LogP contribution in [-0.2, 0) is 14.3 Å². The van der Waals surface area contributed by atoms with E-state index in [1.165, 1.54) is 5.56 Å². The number of benzene rings is 1. The second kappa shape index (κ2) is 7.26. The van der Waals surface area contributed by atoms with Crippen LogP contribution < -0.4 is 0 Å². The summed E-state index contributed by atoms with van der Waals surface area (Å²) in [5.41, 5.74) is 1.88. The topological polar surface area (TPSA) is 55.8 Å². The van der Waals surface area contributed by atoms with E-state index in [0.29, 0.717) is 37.7 Å². The number of hydrogen-bond donors (Lipinski definition) is 0. The molecule has 0 radical (unpaired) electrons. The van der Waals surface area contributed by atoms with Gasteiger partial charge in [-0.1, -0.05) is 12.1 Å². The molecule has 0 aromatic heterocycles. The van der Waals surface area contributed by atoms with E-state index in [9.17, 15) is 9.59 Å². The summed E-state index contributed by atoms with van der Waals surface area (Å²) in [6.45, 7) is 3.09. The average molecular weight is 343 g/mol. The largest absolute Gasteiger partial charge is 0.381 e. The highest BCUT2D eigenvalue weighted by Gasteiger charge is 2.39. The number of carbonyl (C=O) groups excluding carboxylic acids is 2. The van der Waals surface area contributed by atoms with Crippen molar-refractivity contribution >= 4 is 11.7 Å². The number of nitrogens with zero attached hydrogens (tertiary/aromatic N) is 1. The molecular weight excluding hydrogens is 318 g/mol. The Hall–Kier alpha value is -1.72. The molecule has 1 aromatic rings. The maximum atomic E-state index is 13.2. The first-order valence-corrected chi connectivity index (χ1v) is 9.33. The maximum Gasteiger partial charge on any atom is 0.254 e. The second-order valence-corrected chi connectivity index (χ2v) is 7.29. The van der Waals surface area contributed by atoms with Crippen LogP contribution in [0.25, 0.3) is 0 Å². The molecule has 2 saturated heterocycles. The Morgan fingerprint density at radius 2 is 2.00 bits per heavy atom. The summed E-state index contributed by atoms with van der Waals surface area (Å²) in [6, 6.07) is 7.80. The molecule has 2 heterocycles. The van der Waals surface area contributed by atoms with Crippen molar-refractivity contribution in [1.82, 2.24) is 4.90 Å². The third kappa shape index (κ3) is 3.35. The van der Waals surface area contributed by atoms with Crippen LogP contribution >= 0.6 is 0 Å². The Morgan fingerprint density at radius 1 is 1.12 bits per heavy atom. The van der Waals surface area contributed by atoms with Crippen LogP contribution in [0.5, 0.6) is 0 Å². The molecule has 0 bridgehead atoms. The third-order valence-corrected chi connectivity index (χ3v) is 5.78. The molecule has 134 valence electrons. The summed E-state index contributed by atoms with van der Waals surface area (Å²) in [4.78, 5) is 27.2. The molecule has 5 heteroatoms. The van der Waals surface area contributed by atoms with Crippen molar-refractivity contribution in [2.45, 2.75) is 37.6 Å². The average Bonchev–Trinajstić information content (AvgIpc) is 3.33. The molecule has 1 amide bonds. The minimum atomic E-state index is -0.116. The van der Waals surface area contributed by atoms with E-state index in [0.717, 1.165) is 32.5 Å². The van der Waals surface area contributed by atoms with Gasteiger partial charge in [-0.3, -0.25) is 9.59 Å². The summed E-state index contributed by atoms with van der Waals surface area (Å²) in [5.74, 6) is 0.624. The second-order valence-electron chi connectivity index (χ2n) is 7.29. The first kappa shape index (κ1) is 16.7. The van der Waals surface area contributed by atoms with E-state index in [1.54, 1.807) is 0 Å². The molecule has 0 N–H and O–H groups in total. The van der Waals surface area contributed by atoms with Gasteiger partial charge in [0.2, 0.25) is 0 Å². The Balaban J connectivity index is 1.55. The molecule has 3 unspecified atom stereocenters. The summed E-state index contributed by atoms with van der Waals surface area (Å²) < 4.78 is 11.1. The normalized spacial score (nSPS) is 30.0. The number of amides is 1. The molecule has 2 aliphatic heterocycles. The summed E-state index contributed by atoms with van der Waals surface area (Å²) in [7, 11) is 0. The Bertz CT molecular complexity index is 653. The lowest BCUT2D eigenvalue weighted by Gasteiger charge is -2.38. The van der Waals surface area contributed by atoms with E-state index < -0.39 is 0 Å². The van der Waals surface area contributed by atoms with Crippen LogP contribution in [0.4, 0.5) is 0 Å². The Morgan fingerprint density at radius 3 is 2.76 bits per heavy atom. The third-order valence-electron chi connectivity index (χ3n) is 5.78. The van der Waals surface area contributed by atoms with Gasteiger partial charge in [0.1, 0.15) is 5.78 Å². The zero-order valence-electron chi connectivity index (χ0n) is 14.5. The van der Waals surface area contributed by atoms with Gasteiger partial charge >= 0.3 is 0 Å². The van der Waals surface area contributed by atoms with Crippen LogP contribution in [0.3, 0.4) is 0 Å². The van der Waals surface area contributed by atoms with Crippen molar-refractivity contribution in [2.75, 3.05) is 33.0 Å². The van der Waals surface area contributed by atoms with Crippen LogP contribution in [0.1, 0.15) is 47.5 Å². The van der Waals surface area contributed by atoms with E-state index in [4.69, 9.17) is 9.47 Å².